The molecular formula is C14H19N5. The predicted molar refractivity (Wildman–Crippen MR) is 77.2 cm³/mol. The van der Waals surface area contributed by atoms with Crippen LogP contribution < -0.4 is 10.6 Å². The van der Waals surface area contributed by atoms with Gasteiger partial charge in [0.1, 0.15) is 18.0 Å². The lowest BCUT2D eigenvalue weighted by molar-refractivity contribution is 0.860. The second-order valence-electron chi connectivity index (χ2n) is 4.30. The van der Waals surface area contributed by atoms with Gasteiger partial charge in [0.25, 0.3) is 0 Å². The molecule has 0 aromatic carbocycles. The Balaban J connectivity index is 2.24. The fourth-order valence-electron chi connectivity index (χ4n) is 2.03. The third-order valence-electron chi connectivity index (χ3n) is 3.10. The summed E-state index contributed by atoms with van der Waals surface area (Å²) in [4.78, 5) is 12.6. The van der Waals surface area contributed by atoms with Gasteiger partial charge >= 0.3 is 0 Å². The Labute approximate surface area is 113 Å². The lowest BCUT2D eigenvalue weighted by Crippen LogP contribution is -2.12. The average molecular weight is 257 g/mol. The molecule has 5 heteroatoms. The van der Waals surface area contributed by atoms with Crippen molar-refractivity contribution in [3.05, 3.63) is 42.0 Å². The van der Waals surface area contributed by atoms with Crippen molar-refractivity contribution < 1.29 is 0 Å². The second kappa shape index (κ2) is 6.13. The minimum absolute atomic E-state index is 0.174. The summed E-state index contributed by atoms with van der Waals surface area (Å²) in [7, 11) is 1.87. The summed E-state index contributed by atoms with van der Waals surface area (Å²) in [6, 6.07) is 4.18. The summed E-state index contributed by atoms with van der Waals surface area (Å²) in [6.07, 6.45) is 6.05. The average Bonchev–Trinajstić information content (AvgIpc) is 2.47. The highest BCUT2D eigenvalue weighted by Crippen LogP contribution is 2.24. The molecule has 0 aliphatic carbocycles. The molecule has 0 fully saturated rings. The maximum Gasteiger partial charge on any atom is 0.135 e. The topological polar surface area (TPSA) is 62.7 Å². The highest BCUT2D eigenvalue weighted by molar-refractivity contribution is 5.57. The highest BCUT2D eigenvalue weighted by atomic mass is 15.1. The number of anilines is 2. The summed E-state index contributed by atoms with van der Waals surface area (Å²) in [6.45, 7) is 4.21. The fourth-order valence-corrected chi connectivity index (χ4v) is 2.03. The molecule has 5 nitrogen and oxygen atoms in total. The van der Waals surface area contributed by atoms with E-state index >= 15 is 0 Å². The van der Waals surface area contributed by atoms with Gasteiger partial charge < -0.3 is 10.6 Å². The molecule has 2 heterocycles. The molecule has 2 aromatic heterocycles. The Bertz CT molecular complexity index is 527. The smallest absolute Gasteiger partial charge is 0.135 e. The number of pyridine rings is 1. The molecular weight excluding hydrogens is 238 g/mol. The first-order chi connectivity index (χ1) is 9.26. The molecule has 0 radical (unpaired) electrons. The number of hydrogen-bond acceptors (Lipinski definition) is 5. The van der Waals surface area contributed by atoms with Crippen molar-refractivity contribution in [2.75, 3.05) is 17.7 Å². The van der Waals surface area contributed by atoms with Crippen molar-refractivity contribution in [2.45, 2.75) is 26.3 Å². The molecule has 0 saturated carbocycles. The summed E-state index contributed by atoms with van der Waals surface area (Å²) in [5, 5.41) is 6.53. The van der Waals surface area contributed by atoms with Crippen LogP contribution in [0.4, 0.5) is 11.6 Å². The van der Waals surface area contributed by atoms with Crippen LogP contribution in [0.15, 0.2) is 30.9 Å². The molecule has 2 N–H and O–H groups in total. The van der Waals surface area contributed by atoms with Gasteiger partial charge in [-0.1, -0.05) is 6.92 Å². The number of rotatable bonds is 5. The quantitative estimate of drug-likeness (QED) is 0.862. The Morgan fingerprint density at radius 2 is 1.84 bits per heavy atom. The molecule has 0 saturated heterocycles. The Morgan fingerprint density at radius 1 is 1.16 bits per heavy atom. The van der Waals surface area contributed by atoms with Gasteiger partial charge in [-0.25, -0.2) is 9.97 Å². The second-order valence-corrected chi connectivity index (χ2v) is 4.30. The van der Waals surface area contributed by atoms with E-state index in [2.05, 4.69) is 39.4 Å². The van der Waals surface area contributed by atoms with Gasteiger partial charge in [-0.2, -0.15) is 0 Å². The largest absolute Gasteiger partial charge is 0.373 e. The van der Waals surface area contributed by atoms with Crippen LogP contribution in [-0.4, -0.2) is 22.0 Å². The number of nitrogens with zero attached hydrogens (tertiary/aromatic N) is 3. The van der Waals surface area contributed by atoms with E-state index in [9.17, 15) is 0 Å². The maximum absolute atomic E-state index is 4.35. The molecule has 19 heavy (non-hydrogen) atoms. The van der Waals surface area contributed by atoms with Gasteiger partial charge in [0.05, 0.1) is 6.04 Å². The molecule has 2 aromatic rings. The molecule has 0 bridgehead atoms. The van der Waals surface area contributed by atoms with Gasteiger partial charge in [0.15, 0.2) is 0 Å². The van der Waals surface area contributed by atoms with Gasteiger partial charge in [-0.3, -0.25) is 4.98 Å². The van der Waals surface area contributed by atoms with Crippen LogP contribution in [0.5, 0.6) is 0 Å². The fraction of sp³-hybridized carbons (Fsp3) is 0.357. The zero-order valence-electron chi connectivity index (χ0n) is 11.5. The third kappa shape index (κ3) is 2.99. The van der Waals surface area contributed by atoms with E-state index in [0.29, 0.717) is 0 Å². The van der Waals surface area contributed by atoms with E-state index in [1.807, 2.05) is 19.2 Å². The summed E-state index contributed by atoms with van der Waals surface area (Å²) < 4.78 is 0. The molecule has 2 rings (SSSR count). The molecule has 0 aliphatic rings. The lowest BCUT2D eigenvalue weighted by Gasteiger charge is -2.18. The Hall–Kier alpha value is -2.17. The Morgan fingerprint density at radius 3 is 2.47 bits per heavy atom. The van der Waals surface area contributed by atoms with Crippen LogP contribution in [0.2, 0.25) is 0 Å². The monoisotopic (exact) mass is 257 g/mol. The molecule has 100 valence electrons. The van der Waals surface area contributed by atoms with Crippen LogP contribution >= 0.6 is 0 Å². The summed E-state index contributed by atoms with van der Waals surface area (Å²) in [5.41, 5.74) is 2.28. The van der Waals surface area contributed by atoms with Crippen molar-refractivity contribution in [1.29, 1.82) is 0 Å². The van der Waals surface area contributed by atoms with Crippen LogP contribution in [0, 0.1) is 0 Å². The predicted octanol–water partition coefficient (Wildman–Crippen LogP) is 2.65. The van der Waals surface area contributed by atoms with E-state index in [1.54, 1.807) is 18.7 Å². The minimum atomic E-state index is 0.174. The van der Waals surface area contributed by atoms with Crippen molar-refractivity contribution >= 4 is 11.6 Å². The number of aromatic nitrogens is 3. The molecule has 0 spiro atoms. The zero-order chi connectivity index (χ0) is 13.7. The maximum atomic E-state index is 4.35. The van der Waals surface area contributed by atoms with Crippen LogP contribution in [0.25, 0.3) is 0 Å². The minimum Gasteiger partial charge on any atom is -0.373 e. The van der Waals surface area contributed by atoms with Crippen molar-refractivity contribution in [3.63, 3.8) is 0 Å². The number of nitrogens with one attached hydrogen (secondary N) is 2. The Kier molecular flexibility index (Phi) is 4.28. The lowest BCUT2D eigenvalue weighted by atomic mass is 10.1. The third-order valence-corrected chi connectivity index (χ3v) is 3.10. The molecule has 1 atom stereocenters. The van der Waals surface area contributed by atoms with Gasteiger partial charge in [0.2, 0.25) is 0 Å². The van der Waals surface area contributed by atoms with Gasteiger partial charge in [-0.15, -0.1) is 0 Å². The van der Waals surface area contributed by atoms with Crippen molar-refractivity contribution in [1.82, 2.24) is 15.0 Å². The first-order valence-electron chi connectivity index (χ1n) is 6.44. The van der Waals surface area contributed by atoms with E-state index < -0.39 is 0 Å². The molecule has 0 amide bonds. The van der Waals surface area contributed by atoms with Gasteiger partial charge in [0, 0.05) is 25.0 Å². The van der Waals surface area contributed by atoms with Crippen LogP contribution in [-0.2, 0) is 6.42 Å². The van der Waals surface area contributed by atoms with E-state index in [0.717, 1.165) is 23.6 Å². The normalized spacial score (nSPS) is 11.9. The zero-order valence-corrected chi connectivity index (χ0v) is 11.5. The first kappa shape index (κ1) is 13.3. The van der Waals surface area contributed by atoms with E-state index in [4.69, 9.17) is 0 Å². The highest BCUT2D eigenvalue weighted by Gasteiger charge is 2.12. The SMILES string of the molecule is CCc1c(NC)ncnc1NC(C)c1ccncc1. The number of hydrogen-bond donors (Lipinski definition) is 2. The van der Waals surface area contributed by atoms with Crippen LogP contribution in [0.3, 0.4) is 0 Å². The van der Waals surface area contributed by atoms with Gasteiger partial charge in [-0.05, 0) is 31.0 Å². The molecule has 0 aliphatic heterocycles. The first-order valence-corrected chi connectivity index (χ1v) is 6.44. The van der Waals surface area contributed by atoms with Crippen molar-refractivity contribution in [2.24, 2.45) is 0 Å². The molecule has 1 unspecified atom stereocenters. The summed E-state index contributed by atoms with van der Waals surface area (Å²) in [5.74, 6) is 1.76. The van der Waals surface area contributed by atoms with E-state index in [-0.39, 0.29) is 6.04 Å². The van der Waals surface area contributed by atoms with E-state index in [1.165, 1.54) is 5.56 Å². The van der Waals surface area contributed by atoms with Crippen molar-refractivity contribution in [3.8, 4) is 0 Å². The standard InChI is InChI=1S/C14H19N5/c1-4-12-13(15-3)17-9-18-14(12)19-10(2)11-5-7-16-8-6-11/h5-10H,4H2,1-3H3,(H2,15,17,18,19). The van der Waals surface area contributed by atoms with Crippen LogP contribution in [0.1, 0.15) is 31.0 Å². The summed E-state index contributed by atoms with van der Waals surface area (Å²) >= 11 is 0.